The Kier molecular flexibility index (Phi) is 4.86. The minimum atomic E-state index is -0.546. The van der Waals surface area contributed by atoms with Crippen molar-refractivity contribution < 1.29 is 14.6 Å². The number of carbonyl (C=O) groups is 1. The van der Waals surface area contributed by atoms with Crippen LogP contribution < -0.4 is 5.32 Å². The number of hydrogen-bond acceptors (Lipinski definition) is 6. The van der Waals surface area contributed by atoms with Gasteiger partial charge in [0.15, 0.2) is 6.04 Å². The second kappa shape index (κ2) is 6.63. The third-order valence-corrected chi connectivity index (χ3v) is 2.90. The largest absolute Gasteiger partial charge is 0.465 e. The summed E-state index contributed by atoms with van der Waals surface area (Å²) >= 11 is 0. The molecule has 7 nitrogen and oxygen atoms in total. The van der Waals surface area contributed by atoms with Gasteiger partial charge in [-0.15, -0.1) is 5.10 Å². The first-order valence-corrected chi connectivity index (χ1v) is 6.68. The minimum Gasteiger partial charge on any atom is -0.465 e. The zero-order valence-corrected chi connectivity index (χ0v) is 11.1. The molecule has 0 radical (unpaired) electrons. The van der Waals surface area contributed by atoms with Crippen LogP contribution in [-0.4, -0.2) is 45.3 Å². The second-order valence-electron chi connectivity index (χ2n) is 4.61. The number of nitrogens with zero attached hydrogens (tertiary/aromatic N) is 3. The lowest BCUT2D eigenvalue weighted by Gasteiger charge is -2.14. The van der Waals surface area contributed by atoms with Crippen molar-refractivity contribution in [1.82, 2.24) is 20.3 Å². The predicted octanol–water partition coefficient (Wildman–Crippen LogP) is 0.0167. The number of ether oxygens (including phenoxy) is 1. The van der Waals surface area contributed by atoms with E-state index >= 15 is 0 Å². The number of aryl methyl sites for hydroxylation is 1. The van der Waals surface area contributed by atoms with E-state index in [1.165, 1.54) is 0 Å². The SMILES string of the molecule is CCOC(=O)C(NC1CC1)c1cn(CCCO)nn1. The van der Waals surface area contributed by atoms with Crippen LogP contribution in [0.25, 0.3) is 0 Å². The lowest BCUT2D eigenvalue weighted by Crippen LogP contribution is -2.32. The van der Waals surface area contributed by atoms with Crippen LogP contribution in [0.2, 0.25) is 0 Å². The number of nitrogens with one attached hydrogen (secondary N) is 1. The summed E-state index contributed by atoms with van der Waals surface area (Å²) in [6.45, 7) is 2.82. The zero-order chi connectivity index (χ0) is 13.7. The van der Waals surface area contributed by atoms with Gasteiger partial charge in [-0.25, -0.2) is 4.79 Å². The molecule has 1 unspecified atom stereocenters. The van der Waals surface area contributed by atoms with Crippen LogP contribution in [0.5, 0.6) is 0 Å². The minimum absolute atomic E-state index is 0.108. The highest BCUT2D eigenvalue weighted by Crippen LogP contribution is 2.24. The number of rotatable bonds is 8. The standard InChI is InChI=1S/C12H20N4O3/c1-2-19-12(18)11(13-9-4-5-9)10-8-16(15-14-10)6-3-7-17/h8-9,11,13,17H,2-7H2,1H3. The number of esters is 1. The van der Waals surface area contributed by atoms with Crippen LogP contribution >= 0.6 is 0 Å². The fourth-order valence-electron chi connectivity index (χ4n) is 1.77. The molecule has 1 fully saturated rings. The summed E-state index contributed by atoms with van der Waals surface area (Å²) in [5, 5.41) is 20.0. The molecular formula is C12H20N4O3. The molecule has 0 bridgehead atoms. The molecule has 1 atom stereocenters. The summed E-state index contributed by atoms with van der Waals surface area (Å²) in [5.41, 5.74) is 0.572. The highest BCUT2D eigenvalue weighted by atomic mass is 16.5. The molecule has 1 aliphatic carbocycles. The van der Waals surface area contributed by atoms with Gasteiger partial charge in [0.1, 0.15) is 5.69 Å². The highest BCUT2D eigenvalue weighted by Gasteiger charge is 2.32. The lowest BCUT2D eigenvalue weighted by molar-refractivity contribution is -0.146. The van der Waals surface area contributed by atoms with Crippen LogP contribution in [0.3, 0.4) is 0 Å². The van der Waals surface area contributed by atoms with Gasteiger partial charge in [0, 0.05) is 19.2 Å². The molecule has 7 heteroatoms. The van der Waals surface area contributed by atoms with E-state index in [0.717, 1.165) is 12.8 Å². The fraction of sp³-hybridized carbons (Fsp3) is 0.750. The summed E-state index contributed by atoms with van der Waals surface area (Å²) in [4.78, 5) is 11.9. The van der Waals surface area contributed by atoms with Gasteiger partial charge in [-0.3, -0.25) is 10.00 Å². The average Bonchev–Trinajstić information content (AvgIpc) is 3.11. The van der Waals surface area contributed by atoms with Gasteiger partial charge in [-0.2, -0.15) is 0 Å². The molecule has 2 rings (SSSR count). The van der Waals surface area contributed by atoms with Gasteiger partial charge in [-0.05, 0) is 26.2 Å². The van der Waals surface area contributed by atoms with E-state index in [2.05, 4.69) is 15.6 Å². The fourth-order valence-corrected chi connectivity index (χ4v) is 1.77. The van der Waals surface area contributed by atoms with Crippen LogP contribution in [-0.2, 0) is 16.1 Å². The van der Waals surface area contributed by atoms with Crippen molar-refractivity contribution in [3.63, 3.8) is 0 Å². The van der Waals surface area contributed by atoms with Crippen LogP contribution in [0.15, 0.2) is 6.20 Å². The Morgan fingerprint density at radius 1 is 1.68 bits per heavy atom. The van der Waals surface area contributed by atoms with Crippen molar-refractivity contribution in [3.8, 4) is 0 Å². The molecule has 1 aromatic rings. The first-order chi connectivity index (χ1) is 9.24. The number of carbonyl (C=O) groups excluding carboxylic acids is 1. The molecule has 0 aromatic carbocycles. The average molecular weight is 268 g/mol. The van der Waals surface area contributed by atoms with E-state index in [-0.39, 0.29) is 12.6 Å². The third-order valence-electron chi connectivity index (χ3n) is 2.90. The molecule has 1 saturated carbocycles. The Hall–Kier alpha value is -1.47. The first kappa shape index (κ1) is 14.0. The van der Waals surface area contributed by atoms with Gasteiger partial charge in [0.05, 0.1) is 12.8 Å². The number of aromatic nitrogens is 3. The maximum atomic E-state index is 11.9. The molecule has 0 amide bonds. The molecule has 19 heavy (non-hydrogen) atoms. The van der Waals surface area contributed by atoms with Gasteiger partial charge < -0.3 is 9.84 Å². The van der Waals surface area contributed by atoms with Crippen molar-refractivity contribution in [2.75, 3.05) is 13.2 Å². The highest BCUT2D eigenvalue weighted by molar-refractivity contribution is 5.77. The zero-order valence-electron chi connectivity index (χ0n) is 11.1. The maximum absolute atomic E-state index is 11.9. The Morgan fingerprint density at radius 2 is 2.47 bits per heavy atom. The summed E-state index contributed by atoms with van der Waals surface area (Å²) in [5.74, 6) is -0.316. The van der Waals surface area contributed by atoms with E-state index in [1.54, 1.807) is 17.8 Å². The van der Waals surface area contributed by atoms with Crippen LogP contribution in [0.1, 0.15) is 37.9 Å². The Balaban J connectivity index is 2.03. The second-order valence-corrected chi connectivity index (χ2v) is 4.61. The monoisotopic (exact) mass is 268 g/mol. The van der Waals surface area contributed by atoms with E-state index in [4.69, 9.17) is 9.84 Å². The topological polar surface area (TPSA) is 89.3 Å². The molecular weight excluding hydrogens is 248 g/mol. The van der Waals surface area contributed by atoms with Gasteiger partial charge in [-0.1, -0.05) is 5.21 Å². The molecule has 0 aliphatic heterocycles. The Morgan fingerprint density at radius 3 is 3.11 bits per heavy atom. The van der Waals surface area contributed by atoms with E-state index in [9.17, 15) is 4.79 Å². The van der Waals surface area contributed by atoms with E-state index in [1.807, 2.05) is 0 Å². The summed E-state index contributed by atoms with van der Waals surface area (Å²) < 4.78 is 6.69. The number of aliphatic hydroxyl groups is 1. The van der Waals surface area contributed by atoms with Gasteiger partial charge >= 0.3 is 5.97 Å². The van der Waals surface area contributed by atoms with E-state index < -0.39 is 6.04 Å². The molecule has 106 valence electrons. The predicted molar refractivity (Wildman–Crippen MR) is 67.3 cm³/mol. The maximum Gasteiger partial charge on any atom is 0.329 e. The molecule has 1 aromatic heterocycles. The first-order valence-electron chi connectivity index (χ1n) is 6.68. The number of aliphatic hydroxyl groups excluding tert-OH is 1. The molecule has 1 aliphatic rings. The summed E-state index contributed by atoms with van der Waals surface area (Å²) in [6.07, 6.45) is 4.50. The van der Waals surface area contributed by atoms with Gasteiger partial charge in [0.25, 0.3) is 0 Å². The summed E-state index contributed by atoms with van der Waals surface area (Å²) in [6, 6.07) is -0.174. The van der Waals surface area contributed by atoms with Crippen molar-refractivity contribution in [2.45, 2.75) is 44.8 Å². The third kappa shape index (κ3) is 4.00. The van der Waals surface area contributed by atoms with Crippen molar-refractivity contribution in [3.05, 3.63) is 11.9 Å². The molecule has 0 saturated heterocycles. The number of hydrogen-bond donors (Lipinski definition) is 2. The van der Waals surface area contributed by atoms with Crippen LogP contribution in [0, 0.1) is 0 Å². The van der Waals surface area contributed by atoms with Crippen molar-refractivity contribution >= 4 is 5.97 Å². The normalized spacial score (nSPS) is 16.3. The summed E-state index contributed by atoms with van der Waals surface area (Å²) in [7, 11) is 0. The molecule has 1 heterocycles. The van der Waals surface area contributed by atoms with Crippen LogP contribution in [0.4, 0.5) is 0 Å². The quantitative estimate of drug-likeness (QED) is 0.646. The molecule has 0 spiro atoms. The Bertz CT molecular complexity index is 417. The van der Waals surface area contributed by atoms with Crippen molar-refractivity contribution in [1.29, 1.82) is 0 Å². The Labute approximate surface area is 111 Å². The molecule has 2 N–H and O–H groups in total. The lowest BCUT2D eigenvalue weighted by atomic mass is 10.2. The van der Waals surface area contributed by atoms with Crippen molar-refractivity contribution in [2.24, 2.45) is 0 Å². The van der Waals surface area contributed by atoms with E-state index in [0.29, 0.717) is 31.3 Å². The van der Waals surface area contributed by atoms with Gasteiger partial charge in [0.2, 0.25) is 0 Å². The smallest absolute Gasteiger partial charge is 0.329 e.